The lowest BCUT2D eigenvalue weighted by molar-refractivity contribution is -0.734. The van der Waals surface area contributed by atoms with E-state index in [1.165, 1.54) is 11.3 Å². The number of nitrogens with zero attached hydrogens (tertiary/aromatic N) is 3. The lowest BCUT2D eigenvalue weighted by Crippen LogP contribution is -2.33. The highest BCUT2D eigenvalue weighted by Gasteiger charge is 2.44. The molecule has 0 saturated carbocycles. The molecule has 1 N–H and O–H groups in total. The van der Waals surface area contributed by atoms with Crippen LogP contribution in [0, 0.1) is 0 Å². The van der Waals surface area contributed by atoms with Gasteiger partial charge in [-0.15, -0.1) is 11.3 Å². The van der Waals surface area contributed by atoms with Crippen LogP contribution in [0.4, 0.5) is 0 Å². The van der Waals surface area contributed by atoms with Gasteiger partial charge in [-0.2, -0.15) is 4.57 Å². The molecule has 0 radical (unpaired) electrons. The first-order valence-corrected chi connectivity index (χ1v) is 10.1. The van der Waals surface area contributed by atoms with Gasteiger partial charge in [0.1, 0.15) is 11.2 Å². The summed E-state index contributed by atoms with van der Waals surface area (Å²) in [6, 6.07) is 7.22. The van der Waals surface area contributed by atoms with Crippen LogP contribution < -0.4 is 4.57 Å². The highest BCUT2D eigenvalue weighted by Crippen LogP contribution is 2.40. The van der Waals surface area contributed by atoms with Crippen LogP contribution in [0.25, 0.3) is 0 Å². The van der Waals surface area contributed by atoms with Gasteiger partial charge in [0.15, 0.2) is 0 Å². The molecule has 1 aliphatic heterocycles. The monoisotopic (exact) mass is 392 g/mol. The number of ketones is 1. The van der Waals surface area contributed by atoms with Crippen molar-refractivity contribution in [1.29, 1.82) is 0 Å². The van der Waals surface area contributed by atoms with Gasteiger partial charge in [-0.25, -0.2) is 9.55 Å². The number of imidazole rings is 1. The Balaban J connectivity index is 1.88. The maximum Gasteiger partial charge on any atom is 0.335 e. The number of hydrogen-bond acceptors (Lipinski definition) is 5. The summed E-state index contributed by atoms with van der Waals surface area (Å²) in [5.74, 6) is 0.648. The van der Waals surface area contributed by atoms with Gasteiger partial charge >= 0.3 is 11.0 Å². The Morgan fingerprint density at radius 1 is 1.48 bits per heavy atom. The van der Waals surface area contributed by atoms with Crippen molar-refractivity contribution in [3.8, 4) is 5.88 Å². The van der Waals surface area contributed by atoms with Crippen molar-refractivity contribution in [2.24, 2.45) is 0 Å². The lowest BCUT2D eigenvalue weighted by Gasteiger charge is -2.09. The number of fused-ring (bicyclic) bond motifs is 1. The van der Waals surface area contributed by atoms with Gasteiger partial charge in [-0.05, 0) is 36.2 Å². The molecule has 25 heavy (non-hydrogen) atoms. The number of thioether (sulfide) groups is 1. The summed E-state index contributed by atoms with van der Waals surface area (Å²) in [4.78, 5) is 17.8. The number of aromatic nitrogens is 3. The van der Waals surface area contributed by atoms with E-state index >= 15 is 0 Å². The van der Waals surface area contributed by atoms with E-state index in [4.69, 9.17) is 11.6 Å². The van der Waals surface area contributed by atoms with Crippen LogP contribution in [-0.4, -0.2) is 26.2 Å². The van der Waals surface area contributed by atoms with Crippen LogP contribution in [0.2, 0.25) is 5.15 Å². The number of carbonyl (C=O) groups excluding carboxylic acids is 1. The molecule has 3 aromatic rings. The molecule has 4 heterocycles. The van der Waals surface area contributed by atoms with Crippen molar-refractivity contribution in [2.45, 2.75) is 24.7 Å². The van der Waals surface area contributed by atoms with Crippen molar-refractivity contribution >= 4 is 40.5 Å². The quantitative estimate of drug-likeness (QED) is 0.419. The number of aromatic hydroxyl groups is 1. The summed E-state index contributed by atoms with van der Waals surface area (Å²) in [7, 11) is 0. The molecule has 3 aromatic heterocycles. The predicted octanol–water partition coefficient (Wildman–Crippen LogP) is 3.54. The molecule has 1 aliphatic rings. The lowest BCUT2D eigenvalue weighted by atomic mass is 10.1. The van der Waals surface area contributed by atoms with E-state index in [0.29, 0.717) is 22.3 Å². The highest BCUT2D eigenvalue weighted by atomic mass is 35.5. The molecule has 8 heteroatoms. The summed E-state index contributed by atoms with van der Waals surface area (Å²) in [5, 5.41) is 13.9. The summed E-state index contributed by atoms with van der Waals surface area (Å²) in [6.07, 6.45) is 1.73. The second-order valence-electron chi connectivity index (χ2n) is 5.62. The SMILES string of the molecule is CC[n+]1c(O)c(C(=O)c2cccs2)n2c1SCC2c1ccc(Cl)nc1. The van der Waals surface area contributed by atoms with Gasteiger partial charge in [0.2, 0.25) is 5.78 Å². The fourth-order valence-electron chi connectivity index (χ4n) is 3.07. The van der Waals surface area contributed by atoms with E-state index in [2.05, 4.69) is 4.98 Å². The Labute approximate surface area is 157 Å². The van der Waals surface area contributed by atoms with Crippen LogP contribution in [0.3, 0.4) is 0 Å². The Bertz CT molecular complexity index is 936. The smallest absolute Gasteiger partial charge is 0.335 e. The molecule has 4 rings (SSSR count). The van der Waals surface area contributed by atoms with Gasteiger partial charge in [-0.1, -0.05) is 23.7 Å². The zero-order valence-corrected chi connectivity index (χ0v) is 15.7. The summed E-state index contributed by atoms with van der Waals surface area (Å²) < 4.78 is 3.73. The molecule has 5 nitrogen and oxygen atoms in total. The van der Waals surface area contributed by atoms with Crippen molar-refractivity contribution in [3.05, 3.63) is 57.1 Å². The van der Waals surface area contributed by atoms with Crippen molar-refractivity contribution in [1.82, 2.24) is 9.55 Å². The number of halogens is 1. The standard InChI is InChI=1S/C17H14ClN3O2S2/c1-2-20-16(23)14(15(22)12-4-3-7-24-12)21-11(9-25-17(20)21)10-5-6-13(18)19-8-10/h3-8,11H,2,9H2,1H3/p+1. The first kappa shape index (κ1) is 16.6. The average molecular weight is 393 g/mol. The number of carbonyl (C=O) groups is 1. The third kappa shape index (κ3) is 2.67. The maximum absolute atomic E-state index is 13.0. The van der Waals surface area contributed by atoms with Gasteiger partial charge in [-0.3, -0.25) is 4.79 Å². The molecule has 0 spiro atoms. The van der Waals surface area contributed by atoms with Gasteiger partial charge < -0.3 is 5.11 Å². The Kier molecular flexibility index (Phi) is 4.31. The molecule has 0 aliphatic carbocycles. The van der Waals surface area contributed by atoms with Crippen LogP contribution in [0.5, 0.6) is 5.88 Å². The molecule has 0 fully saturated rings. The second-order valence-corrected chi connectivity index (χ2v) is 7.94. The van der Waals surface area contributed by atoms with E-state index in [1.54, 1.807) is 34.7 Å². The minimum atomic E-state index is -0.157. The van der Waals surface area contributed by atoms with Gasteiger partial charge in [0.05, 0.1) is 17.2 Å². The van der Waals surface area contributed by atoms with Gasteiger partial charge in [0, 0.05) is 11.8 Å². The second kappa shape index (κ2) is 6.48. The predicted molar refractivity (Wildman–Crippen MR) is 97.8 cm³/mol. The first-order chi connectivity index (χ1) is 12.1. The van der Waals surface area contributed by atoms with E-state index in [1.807, 2.05) is 29.0 Å². The molecule has 128 valence electrons. The topological polar surface area (TPSA) is 59.0 Å². The fourth-order valence-corrected chi connectivity index (χ4v) is 5.22. The number of pyridine rings is 1. The van der Waals surface area contributed by atoms with E-state index < -0.39 is 0 Å². The van der Waals surface area contributed by atoms with Crippen LogP contribution in [-0.2, 0) is 6.54 Å². The summed E-state index contributed by atoms with van der Waals surface area (Å²) >= 11 is 8.91. The van der Waals surface area contributed by atoms with E-state index in [9.17, 15) is 9.90 Å². The van der Waals surface area contributed by atoms with E-state index in [-0.39, 0.29) is 17.7 Å². The van der Waals surface area contributed by atoms with Gasteiger partial charge in [0.25, 0.3) is 5.69 Å². The normalized spacial score (nSPS) is 16.2. The summed E-state index contributed by atoms with van der Waals surface area (Å²) in [5.41, 5.74) is 1.30. The zero-order valence-electron chi connectivity index (χ0n) is 13.3. The molecule has 0 saturated heterocycles. The number of hydrogen-bond donors (Lipinski definition) is 1. The van der Waals surface area contributed by atoms with E-state index in [0.717, 1.165) is 16.5 Å². The van der Waals surface area contributed by atoms with Crippen molar-refractivity contribution in [3.63, 3.8) is 0 Å². The van der Waals surface area contributed by atoms with Crippen LogP contribution >= 0.6 is 34.7 Å². The van der Waals surface area contributed by atoms with Crippen molar-refractivity contribution < 1.29 is 14.5 Å². The molecule has 0 aromatic carbocycles. The number of rotatable bonds is 4. The molecule has 1 unspecified atom stereocenters. The first-order valence-electron chi connectivity index (χ1n) is 7.81. The average Bonchev–Trinajstić information content (AvgIpc) is 3.31. The number of thiophene rings is 1. The highest BCUT2D eigenvalue weighted by molar-refractivity contribution is 7.99. The molecule has 0 amide bonds. The van der Waals surface area contributed by atoms with Crippen molar-refractivity contribution in [2.75, 3.05) is 5.75 Å². The fraction of sp³-hybridized carbons (Fsp3) is 0.235. The Hall–Kier alpha value is -1.83. The molecule has 1 atom stereocenters. The third-order valence-corrected chi connectivity index (χ3v) is 6.49. The van der Waals surface area contributed by atoms with Crippen LogP contribution in [0.15, 0.2) is 41.0 Å². The summed E-state index contributed by atoms with van der Waals surface area (Å²) in [6.45, 7) is 2.55. The Morgan fingerprint density at radius 3 is 2.96 bits per heavy atom. The Morgan fingerprint density at radius 2 is 2.32 bits per heavy atom. The maximum atomic E-state index is 13.0. The molecular weight excluding hydrogens is 378 g/mol. The third-order valence-electron chi connectivity index (χ3n) is 4.24. The zero-order chi connectivity index (χ0) is 17.6. The minimum Gasteiger partial charge on any atom is -0.475 e. The van der Waals surface area contributed by atoms with Crippen LogP contribution in [0.1, 0.15) is 33.9 Å². The molecular formula is C17H15ClN3O2S2+. The largest absolute Gasteiger partial charge is 0.475 e. The minimum absolute atomic E-state index is 0.0232. The molecule has 0 bridgehead atoms.